The lowest BCUT2D eigenvalue weighted by Gasteiger charge is -2.32. The van der Waals surface area contributed by atoms with Crippen molar-refractivity contribution in [2.75, 3.05) is 24.2 Å². The van der Waals surface area contributed by atoms with E-state index in [-0.39, 0.29) is 17.7 Å². The lowest BCUT2D eigenvalue weighted by molar-refractivity contribution is 0.328. The van der Waals surface area contributed by atoms with E-state index in [1.165, 1.54) is 11.5 Å². The van der Waals surface area contributed by atoms with Gasteiger partial charge in [0, 0.05) is 19.1 Å². The van der Waals surface area contributed by atoms with Crippen LogP contribution in [0.3, 0.4) is 0 Å². The zero-order valence-electron chi connectivity index (χ0n) is 13.2. The van der Waals surface area contributed by atoms with Gasteiger partial charge in [0.1, 0.15) is 16.6 Å². The summed E-state index contributed by atoms with van der Waals surface area (Å²) in [5.74, 6) is 0.344. The molecule has 0 aromatic carbocycles. The zero-order chi connectivity index (χ0) is 16.3. The second kappa shape index (κ2) is 6.94. The fourth-order valence-electron chi connectivity index (χ4n) is 2.59. The molecule has 22 heavy (non-hydrogen) atoms. The van der Waals surface area contributed by atoms with Crippen LogP contribution in [0.25, 0.3) is 0 Å². The van der Waals surface area contributed by atoms with Crippen LogP contribution >= 0.6 is 11.5 Å². The van der Waals surface area contributed by atoms with Gasteiger partial charge in [0.05, 0.1) is 11.4 Å². The molecule has 0 unspecified atom stereocenters. The molecule has 2 heterocycles. The van der Waals surface area contributed by atoms with Crippen LogP contribution in [0.15, 0.2) is 0 Å². The first kappa shape index (κ1) is 17.2. The quantitative estimate of drug-likeness (QED) is 0.886. The van der Waals surface area contributed by atoms with Crippen LogP contribution in [-0.2, 0) is 10.0 Å². The molecule has 2 rings (SSSR count). The summed E-state index contributed by atoms with van der Waals surface area (Å²) in [6, 6.07) is 2.36. The molecule has 1 saturated heterocycles. The van der Waals surface area contributed by atoms with Crippen molar-refractivity contribution in [2.45, 2.75) is 39.7 Å². The van der Waals surface area contributed by atoms with Gasteiger partial charge < -0.3 is 5.32 Å². The van der Waals surface area contributed by atoms with Gasteiger partial charge in [-0.15, -0.1) is 0 Å². The molecule has 0 radical (unpaired) electrons. The highest BCUT2D eigenvalue weighted by molar-refractivity contribution is 7.89. The van der Waals surface area contributed by atoms with Crippen molar-refractivity contribution in [1.29, 1.82) is 5.26 Å². The van der Waals surface area contributed by atoms with Gasteiger partial charge in [-0.3, -0.25) is 0 Å². The normalized spacial score (nSPS) is 17.6. The monoisotopic (exact) mass is 342 g/mol. The average Bonchev–Trinajstić information content (AvgIpc) is 2.78. The van der Waals surface area contributed by atoms with Crippen LogP contribution in [0.5, 0.6) is 0 Å². The summed E-state index contributed by atoms with van der Waals surface area (Å²) in [5.41, 5.74) is 1.34. The van der Waals surface area contributed by atoms with Gasteiger partial charge in [0.25, 0.3) is 0 Å². The lowest BCUT2D eigenvalue weighted by Crippen LogP contribution is -2.43. The third kappa shape index (κ3) is 3.97. The Bertz CT molecular complexity index is 653. The number of aryl methyl sites for hydroxylation is 1. The van der Waals surface area contributed by atoms with E-state index < -0.39 is 10.0 Å². The van der Waals surface area contributed by atoms with Crippen LogP contribution in [0.2, 0.25) is 0 Å². The summed E-state index contributed by atoms with van der Waals surface area (Å²) >= 11 is 1.29. The maximum absolute atomic E-state index is 12.2. The Hall–Kier alpha value is -1.17. The summed E-state index contributed by atoms with van der Waals surface area (Å²) in [7, 11) is -3.14. The third-order valence-corrected chi connectivity index (χ3v) is 6.81. The van der Waals surface area contributed by atoms with Gasteiger partial charge in [0.15, 0.2) is 0 Å². The number of rotatable bonds is 5. The smallest absolute Gasteiger partial charge is 0.214 e. The Labute approximate surface area is 136 Å². The van der Waals surface area contributed by atoms with E-state index in [9.17, 15) is 8.42 Å². The molecular formula is C14H22N4O2S2. The summed E-state index contributed by atoms with van der Waals surface area (Å²) < 4.78 is 30.2. The molecule has 0 saturated carbocycles. The van der Waals surface area contributed by atoms with Crippen LogP contribution < -0.4 is 5.32 Å². The predicted molar refractivity (Wildman–Crippen MR) is 88.4 cm³/mol. The second-order valence-electron chi connectivity index (χ2n) is 6.07. The van der Waals surface area contributed by atoms with E-state index in [2.05, 4.69) is 15.8 Å². The van der Waals surface area contributed by atoms with Gasteiger partial charge in [-0.2, -0.15) is 9.64 Å². The SMILES string of the molecule is Cc1nsc(NC2CCN(S(=O)(=O)CC(C)C)CC2)c1C#N. The van der Waals surface area contributed by atoms with Crippen LogP contribution in [0.4, 0.5) is 5.00 Å². The van der Waals surface area contributed by atoms with Gasteiger partial charge >= 0.3 is 0 Å². The molecule has 1 aliphatic rings. The fourth-order valence-corrected chi connectivity index (χ4v) is 5.23. The van der Waals surface area contributed by atoms with E-state index in [1.807, 2.05) is 20.8 Å². The van der Waals surface area contributed by atoms with Crippen LogP contribution in [-0.4, -0.2) is 42.0 Å². The van der Waals surface area contributed by atoms with Crippen molar-refractivity contribution in [1.82, 2.24) is 8.68 Å². The Morgan fingerprint density at radius 2 is 2.09 bits per heavy atom. The molecule has 0 amide bonds. The highest BCUT2D eigenvalue weighted by Gasteiger charge is 2.29. The largest absolute Gasteiger partial charge is 0.372 e. The minimum absolute atomic E-state index is 0.138. The minimum atomic E-state index is -3.14. The summed E-state index contributed by atoms with van der Waals surface area (Å²) in [5, 5.41) is 13.3. The molecular weight excluding hydrogens is 320 g/mol. The van der Waals surface area contributed by atoms with Crippen molar-refractivity contribution >= 4 is 26.6 Å². The van der Waals surface area contributed by atoms with Crippen molar-refractivity contribution in [2.24, 2.45) is 5.92 Å². The molecule has 6 nitrogen and oxygen atoms in total. The molecule has 0 aliphatic carbocycles. The number of hydrogen-bond donors (Lipinski definition) is 1. The van der Waals surface area contributed by atoms with Crippen LogP contribution in [0.1, 0.15) is 37.9 Å². The molecule has 1 aromatic rings. The number of anilines is 1. The molecule has 0 atom stereocenters. The molecule has 0 spiro atoms. The number of hydrogen-bond acceptors (Lipinski definition) is 6. The maximum Gasteiger partial charge on any atom is 0.214 e. The lowest BCUT2D eigenvalue weighted by atomic mass is 10.1. The van der Waals surface area contributed by atoms with Crippen molar-refractivity contribution in [3.63, 3.8) is 0 Å². The van der Waals surface area contributed by atoms with Gasteiger partial charge in [-0.05, 0) is 37.2 Å². The minimum Gasteiger partial charge on any atom is -0.372 e. The standard InChI is InChI=1S/C14H22N4O2S2/c1-10(2)9-22(19,20)18-6-4-12(5-7-18)16-14-13(8-15)11(3)17-21-14/h10,12,16H,4-7,9H2,1-3H3. The van der Waals surface area contributed by atoms with Crippen molar-refractivity contribution in [3.8, 4) is 6.07 Å². The molecule has 122 valence electrons. The second-order valence-corrected chi connectivity index (χ2v) is 8.86. The summed E-state index contributed by atoms with van der Waals surface area (Å²) in [6.45, 7) is 6.73. The zero-order valence-corrected chi connectivity index (χ0v) is 14.8. The number of nitriles is 1. The molecule has 1 N–H and O–H groups in total. The van der Waals surface area contributed by atoms with Crippen molar-refractivity contribution < 1.29 is 8.42 Å². The number of sulfonamides is 1. The van der Waals surface area contributed by atoms with Gasteiger partial charge in [0.2, 0.25) is 10.0 Å². The number of piperidine rings is 1. The highest BCUT2D eigenvalue weighted by Crippen LogP contribution is 2.27. The van der Waals surface area contributed by atoms with E-state index in [1.54, 1.807) is 4.31 Å². The number of nitrogens with zero attached hydrogens (tertiary/aromatic N) is 3. The number of aromatic nitrogens is 1. The van der Waals surface area contributed by atoms with E-state index in [0.717, 1.165) is 23.5 Å². The summed E-state index contributed by atoms with van der Waals surface area (Å²) in [6.07, 6.45) is 1.50. The summed E-state index contributed by atoms with van der Waals surface area (Å²) in [4.78, 5) is 0. The van der Waals surface area contributed by atoms with E-state index >= 15 is 0 Å². The predicted octanol–water partition coefficient (Wildman–Crippen LogP) is 2.19. The number of nitrogens with one attached hydrogen (secondary N) is 1. The van der Waals surface area contributed by atoms with Crippen LogP contribution in [0, 0.1) is 24.2 Å². The van der Waals surface area contributed by atoms with Crippen molar-refractivity contribution in [3.05, 3.63) is 11.3 Å². The molecule has 1 aliphatic heterocycles. The molecule has 0 bridgehead atoms. The Balaban J connectivity index is 1.94. The molecule has 8 heteroatoms. The average molecular weight is 342 g/mol. The fraction of sp³-hybridized carbons (Fsp3) is 0.714. The highest BCUT2D eigenvalue weighted by atomic mass is 32.2. The topological polar surface area (TPSA) is 86.1 Å². The Kier molecular flexibility index (Phi) is 5.42. The van der Waals surface area contributed by atoms with Gasteiger partial charge in [-0.1, -0.05) is 13.8 Å². The van der Waals surface area contributed by atoms with E-state index in [0.29, 0.717) is 18.7 Å². The molecule has 1 aromatic heterocycles. The molecule has 1 fully saturated rings. The van der Waals surface area contributed by atoms with Gasteiger partial charge in [-0.25, -0.2) is 12.7 Å². The van der Waals surface area contributed by atoms with E-state index in [4.69, 9.17) is 5.26 Å². The Morgan fingerprint density at radius 3 is 2.64 bits per heavy atom. The first-order chi connectivity index (χ1) is 10.3. The third-order valence-electron chi connectivity index (χ3n) is 3.70. The first-order valence-corrected chi connectivity index (χ1v) is 9.82. The first-order valence-electron chi connectivity index (χ1n) is 7.44. The maximum atomic E-state index is 12.2. The Morgan fingerprint density at radius 1 is 1.45 bits per heavy atom.